The van der Waals surface area contributed by atoms with Crippen molar-refractivity contribution in [2.24, 2.45) is 5.92 Å². The summed E-state index contributed by atoms with van der Waals surface area (Å²) in [6.45, 7) is 4.85. The van der Waals surface area contributed by atoms with Gasteiger partial charge in [0.1, 0.15) is 16.5 Å². The van der Waals surface area contributed by atoms with Crippen LogP contribution in [0.25, 0.3) is 21.6 Å². The lowest BCUT2D eigenvalue weighted by atomic mass is 10.0. The van der Waals surface area contributed by atoms with Crippen LogP contribution in [0.15, 0.2) is 71.2 Å². The Kier molecular flexibility index (Phi) is 7.18. The summed E-state index contributed by atoms with van der Waals surface area (Å²) in [5.41, 5.74) is 2.55. The molecule has 0 saturated heterocycles. The Morgan fingerprint density at radius 2 is 1.75 bits per heavy atom. The summed E-state index contributed by atoms with van der Waals surface area (Å²) in [6, 6.07) is 13.1. The number of anilines is 1. The van der Waals surface area contributed by atoms with Crippen LogP contribution >= 0.6 is 11.3 Å². The topological polar surface area (TPSA) is 85.4 Å². The number of nitrogens with one attached hydrogen (secondary N) is 1. The minimum absolute atomic E-state index is 0.0238. The number of halogens is 2. The Labute approximate surface area is 211 Å². The molecule has 10 heteroatoms. The third kappa shape index (κ3) is 5.29. The number of rotatable bonds is 7. The van der Waals surface area contributed by atoms with Crippen molar-refractivity contribution >= 4 is 33.0 Å². The number of ether oxygens (including phenoxy) is 1. The highest BCUT2D eigenvalue weighted by atomic mass is 32.2. The SMILES string of the molecule is Cc1cc(-c2cncs2)cc(S(=O)(=O)Nc2cc(-c3ccccc3)c(F)cc2F)c1OC(=O)C(C)C. The molecule has 0 aliphatic heterocycles. The molecule has 0 unspecified atom stereocenters. The Morgan fingerprint density at radius 1 is 1.03 bits per heavy atom. The van der Waals surface area contributed by atoms with Gasteiger partial charge in [0.2, 0.25) is 0 Å². The van der Waals surface area contributed by atoms with Crippen molar-refractivity contribution in [3.05, 3.63) is 83.5 Å². The van der Waals surface area contributed by atoms with E-state index in [1.165, 1.54) is 17.4 Å². The van der Waals surface area contributed by atoms with Crippen molar-refractivity contribution < 1.29 is 26.7 Å². The third-order valence-electron chi connectivity index (χ3n) is 5.31. The van der Waals surface area contributed by atoms with Gasteiger partial charge < -0.3 is 4.74 Å². The number of nitrogens with zero attached hydrogens (tertiary/aromatic N) is 1. The van der Waals surface area contributed by atoms with E-state index in [-0.39, 0.29) is 16.2 Å². The average Bonchev–Trinajstić information content (AvgIpc) is 3.37. The number of hydrogen-bond acceptors (Lipinski definition) is 6. The highest BCUT2D eigenvalue weighted by molar-refractivity contribution is 7.92. The summed E-state index contributed by atoms with van der Waals surface area (Å²) in [4.78, 5) is 16.7. The average molecular weight is 529 g/mol. The lowest BCUT2D eigenvalue weighted by Gasteiger charge is -2.17. The predicted octanol–water partition coefficient (Wildman–Crippen LogP) is 6.43. The molecule has 0 spiro atoms. The first-order chi connectivity index (χ1) is 17.1. The summed E-state index contributed by atoms with van der Waals surface area (Å²) < 4.78 is 64.0. The molecule has 0 atom stereocenters. The number of benzene rings is 3. The van der Waals surface area contributed by atoms with Crippen LogP contribution < -0.4 is 9.46 Å². The van der Waals surface area contributed by atoms with Crippen molar-refractivity contribution in [3.63, 3.8) is 0 Å². The Bertz CT molecular complexity index is 1520. The fraction of sp³-hybridized carbons (Fsp3) is 0.154. The van der Waals surface area contributed by atoms with Gasteiger partial charge in [0.15, 0.2) is 5.75 Å². The summed E-state index contributed by atoms with van der Waals surface area (Å²) in [6.07, 6.45) is 1.58. The van der Waals surface area contributed by atoms with E-state index < -0.39 is 39.2 Å². The Balaban J connectivity index is 1.83. The standard InChI is InChI=1S/C26H22F2N2O4S2/c1-15(2)26(31)34-25-16(3)9-18(23-13-29-14-35-23)10-24(25)36(32,33)30-22-11-19(20(27)12-21(22)28)17-7-5-4-6-8-17/h4-15,30H,1-3H3. The zero-order chi connectivity index (χ0) is 26.0. The van der Waals surface area contributed by atoms with Gasteiger partial charge >= 0.3 is 5.97 Å². The first kappa shape index (κ1) is 25.5. The quantitative estimate of drug-likeness (QED) is 0.221. The second-order valence-corrected chi connectivity index (χ2v) is 10.9. The molecular weight excluding hydrogens is 506 g/mol. The molecule has 1 aromatic heterocycles. The summed E-state index contributed by atoms with van der Waals surface area (Å²) in [7, 11) is -4.49. The maximum Gasteiger partial charge on any atom is 0.313 e. The zero-order valence-electron chi connectivity index (χ0n) is 19.6. The number of carbonyl (C=O) groups is 1. The summed E-state index contributed by atoms with van der Waals surface area (Å²) in [5.74, 6) is -3.24. The summed E-state index contributed by atoms with van der Waals surface area (Å²) >= 11 is 1.30. The van der Waals surface area contributed by atoms with E-state index >= 15 is 0 Å². The Morgan fingerprint density at radius 3 is 2.39 bits per heavy atom. The fourth-order valence-corrected chi connectivity index (χ4v) is 5.35. The van der Waals surface area contributed by atoms with Crippen molar-refractivity contribution in [3.8, 4) is 27.3 Å². The predicted molar refractivity (Wildman–Crippen MR) is 135 cm³/mol. The first-order valence-corrected chi connectivity index (χ1v) is 13.3. The van der Waals surface area contributed by atoms with Gasteiger partial charge in [-0.3, -0.25) is 14.5 Å². The molecular formula is C26H22F2N2O4S2. The van der Waals surface area contributed by atoms with Crippen molar-refractivity contribution in [1.29, 1.82) is 0 Å². The monoisotopic (exact) mass is 528 g/mol. The molecule has 0 bridgehead atoms. The van der Waals surface area contributed by atoms with Crippen LogP contribution in [0.3, 0.4) is 0 Å². The molecule has 4 rings (SSSR count). The van der Waals surface area contributed by atoms with E-state index in [2.05, 4.69) is 9.71 Å². The molecule has 0 radical (unpaired) electrons. The second-order valence-electron chi connectivity index (χ2n) is 8.35. The van der Waals surface area contributed by atoms with Gasteiger partial charge in [-0.15, -0.1) is 11.3 Å². The molecule has 186 valence electrons. The highest BCUT2D eigenvalue weighted by Crippen LogP contribution is 2.37. The molecule has 4 aromatic rings. The highest BCUT2D eigenvalue weighted by Gasteiger charge is 2.27. The molecule has 1 N–H and O–H groups in total. The van der Waals surface area contributed by atoms with Crippen LogP contribution in [-0.4, -0.2) is 19.4 Å². The van der Waals surface area contributed by atoms with Gasteiger partial charge in [0, 0.05) is 17.8 Å². The molecule has 0 saturated carbocycles. The molecule has 36 heavy (non-hydrogen) atoms. The van der Waals surface area contributed by atoms with E-state index in [9.17, 15) is 22.0 Å². The molecule has 1 heterocycles. The second kappa shape index (κ2) is 10.2. The van der Waals surface area contributed by atoms with Crippen LogP contribution in [0.2, 0.25) is 0 Å². The van der Waals surface area contributed by atoms with Crippen LogP contribution in [-0.2, 0) is 14.8 Å². The third-order valence-corrected chi connectivity index (χ3v) is 7.50. The van der Waals surface area contributed by atoms with Crippen molar-refractivity contribution in [2.45, 2.75) is 25.7 Å². The van der Waals surface area contributed by atoms with E-state index in [0.29, 0.717) is 27.6 Å². The number of thiazole rings is 1. The largest absolute Gasteiger partial charge is 0.425 e. The van der Waals surface area contributed by atoms with Crippen LogP contribution in [0.4, 0.5) is 14.5 Å². The van der Waals surface area contributed by atoms with Crippen molar-refractivity contribution in [1.82, 2.24) is 4.98 Å². The maximum atomic E-state index is 14.7. The Hall–Kier alpha value is -3.63. The molecule has 6 nitrogen and oxygen atoms in total. The number of aryl methyl sites for hydroxylation is 1. The number of carbonyl (C=O) groups excluding carboxylic acids is 1. The number of aromatic nitrogens is 1. The van der Waals surface area contributed by atoms with Gasteiger partial charge in [0.05, 0.1) is 22.0 Å². The minimum atomic E-state index is -4.49. The van der Waals surface area contributed by atoms with Gasteiger partial charge in [-0.1, -0.05) is 44.2 Å². The lowest BCUT2D eigenvalue weighted by molar-refractivity contribution is -0.137. The zero-order valence-corrected chi connectivity index (χ0v) is 21.2. The van der Waals surface area contributed by atoms with E-state index in [4.69, 9.17) is 4.74 Å². The maximum absolute atomic E-state index is 14.7. The van der Waals surface area contributed by atoms with Gasteiger partial charge in [0.25, 0.3) is 10.0 Å². The fourth-order valence-electron chi connectivity index (χ4n) is 3.46. The number of esters is 1. The minimum Gasteiger partial charge on any atom is -0.425 e. The number of sulfonamides is 1. The molecule has 0 amide bonds. The summed E-state index contributed by atoms with van der Waals surface area (Å²) in [5, 5.41) is 0. The van der Waals surface area contributed by atoms with Crippen molar-refractivity contribution in [2.75, 3.05) is 4.72 Å². The van der Waals surface area contributed by atoms with Gasteiger partial charge in [-0.05, 0) is 41.8 Å². The number of hydrogen-bond donors (Lipinski definition) is 1. The molecule has 0 aliphatic rings. The smallest absolute Gasteiger partial charge is 0.313 e. The van der Waals surface area contributed by atoms with Crippen LogP contribution in [0.5, 0.6) is 5.75 Å². The first-order valence-electron chi connectivity index (χ1n) is 10.9. The van der Waals surface area contributed by atoms with Gasteiger partial charge in [-0.25, -0.2) is 17.2 Å². The lowest BCUT2D eigenvalue weighted by Crippen LogP contribution is -2.20. The van der Waals surface area contributed by atoms with E-state index in [0.717, 1.165) is 6.07 Å². The molecule has 0 fully saturated rings. The molecule has 0 aliphatic carbocycles. The normalized spacial score (nSPS) is 11.5. The van der Waals surface area contributed by atoms with Crippen LogP contribution in [0.1, 0.15) is 19.4 Å². The molecule has 3 aromatic carbocycles. The van der Waals surface area contributed by atoms with E-state index in [1.54, 1.807) is 68.9 Å². The van der Waals surface area contributed by atoms with Gasteiger partial charge in [-0.2, -0.15) is 0 Å². The van der Waals surface area contributed by atoms with Crippen LogP contribution in [0, 0.1) is 24.5 Å². The van der Waals surface area contributed by atoms with E-state index in [1.807, 2.05) is 0 Å².